The van der Waals surface area contributed by atoms with Gasteiger partial charge in [-0.15, -0.1) is 0 Å². The van der Waals surface area contributed by atoms with Crippen molar-refractivity contribution in [3.05, 3.63) is 0 Å². The predicted octanol–water partition coefficient (Wildman–Crippen LogP) is -1.29. The quantitative estimate of drug-likeness (QED) is 0.373. The molecule has 0 fully saturated rings. The van der Waals surface area contributed by atoms with Gasteiger partial charge in [-0.3, -0.25) is 4.79 Å². The summed E-state index contributed by atoms with van der Waals surface area (Å²) in [7, 11) is 0. The second-order valence-corrected chi connectivity index (χ2v) is 1.25. The van der Waals surface area contributed by atoms with E-state index >= 15 is 0 Å². The molecule has 0 saturated carbocycles. The van der Waals surface area contributed by atoms with Crippen molar-refractivity contribution in [1.82, 2.24) is 0 Å². The number of carboxylic acid groups (broad SMARTS) is 1. The molecule has 0 bridgehead atoms. The van der Waals surface area contributed by atoms with E-state index in [-0.39, 0.29) is 22.3 Å². The van der Waals surface area contributed by atoms with Crippen molar-refractivity contribution >= 4 is 11.8 Å². The van der Waals surface area contributed by atoms with Gasteiger partial charge in [-0.05, 0) is 6.92 Å². The molecule has 0 rings (SSSR count). The number of aliphatic carboxylic acids is 1. The van der Waals surface area contributed by atoms with Crippen molar-refractivity contribution in [3.63, 3.8) is 0 Å². The molecule has 0 aromatic rings. The van der Waals surface area contributed by atoms with Crippen LogP contribution in [0.15, 0.2) is 0 Å². The Bertz CT molecular complexity index is 87.5. The first kappa shape index (κ1) is 10.6. The van der Waals surface area contributed by atoms with E-state index < -0.39 is 12.4 Å². The summed E-state index contributed by atoms with van der Waals surface area (Å²) < 4.78 is 0. The number of rotatable bonds is 2. The summed E-state index contributed by atoms with van der Waals surface area (Å²) in [6.45, 7) is 1.20. The number of Topliss-reactive ketones (excluding diaryl/α,β-unsaturated/α-hetero) is 1. The first-order valence-electron chi connectivity index (χ1n) is 1.82. The van der Waals surface area contributed by atoms with Crippen LogP contribution in [0.4, 0.5) is 0 Å². The summed E-state index contributed by atoms with van der Waals surface area (Å²) in [5.74, 6) is -1.69. The number of hydrogen-bond acceptors (Lipinski definition) is 3. The fourth-order valence-corrected chi connectivity index (χ4v) is 0.203. The smallest absolute Gasteiger partial charge is 0.135 e. The Hall–Kier alpha value is -0.366. The minimum atomic E-state index is -1.31. The summed E-state index contributed by atoms with van der Waals surface area (Å²) in [6, 6.07) is 0. The zero-order chi connectivity index (χ0) is 5.86. The van der Waals surface area contributed by atoms with Crippen LogP contribution in [-0.4, -0.2) is 11.8 Å². The minimum Gasteiger partial charge on any atom is -0.550 e. The molecule has 0 aromatic carbocycles. The molecule has 0 heterocycles. The molecular weight excluding hydrogens is 155 g/mol. The van der Waals surface area contributed by atoms with Gasteiger partial charge in [-0.25, -0.2) is 0 Å². The Morgan fingerprint density at radius 2 is 1.88 bits per heavy atom. The van der Waals surface area contributed by atoms with Crippen LogP contribution in [0.1, 0.15) is 13.3 Å². The van der Waals surface area contributed by atoms with Gasteiger partial charge in [0.05, 0.1) is 0 Å². The van der Waals surface area contributed by atoms with E-state index in [9.17, 15) is 14.7 Å². The predicted molar refractivity (Wildman–Crippen MR) is 20.3 cm³/mol. The van der Waals surface area contributed by atoms with Crippen LogP contribution in [0.2, 0.25) is 0 Å². The van der Waals surface area contributed by atoms with Crippen LogP contribution in [0, 0.1) is 0 Å². The molecule has 8 heavy (non-hydrogen) atoms. The molecule has 50 valence electrons. The molecule has 0 aromatic heterocycles. The minimum absolute atomic E-state index is 0. The van der Waals surface area contributed by atoms with E-state index in [0.29, 0.717) is 0 Å². The molecule has 0 amide bonds. The van der Waals surface area contributed by atoms with Crippen LogP contribution in [0.25, 0.3) is 0 Å². The summed E-state index contributed by atoms with van der Waals surface area (Å²) >= 11 is 0. The van der Waals surface area contributed by atoms with Gasteiger partial charge in [0, 0.05) is 28.9 Å². The topological polar surface area (TPSA) is 57.2 Å². The molecule has 0 aliphatic heterocycles. The number of carboxylic acids is 1. The second kappa shape index (κ2) is 4.78. The van der Waals surface area contributed by atoms with E-state index in [1.165, 1.54) is 6.92 Å². The molecule has 0 saturated heterocycles. The van der Waals surface area contributed by atoms with Crippen molar-refractivity contribution in [1.29, 1.82) is 0 Å². The molecule has 0 N–H and O–H groups in total. The van der Waals surface area contributed by atoms with E-state index in [1.807, 2.05) is 0 Å². The third kappa shape index (κ3) is 9.16. The number of hydrogen-bond donors (Lipinski definition) is 0. The van der Waals surface area contributed by atoms with Gasteiger partial charge in [0.2, 0.25) is 0 Å². The van der Waals surface area contributed by atoms with Crippen LogP contribution in [0.5, 0.6) is 0 Å². The van der Waals surface area contributed by atoms with E-state index in [2.05, 4.69) is 0 Å². The first-order valence-corrected chi connectivity index (χ1v) is 1.82. The Labute approximate surface area is 57.0 Å². The number of carbonyl (C=O) groups is 2. The molecule has 0 aliphatic rings. The van der Waals surface area contributed by atoms with Crippen LogP contribution >= 0.6 is 0 Å². The van der Waals surface area contributed by atoms with Gasteiger partial charge >= 0.3 is 0 Å². The fourth-order valence-electron chi connectivity index (χ4n) is 0.203. The van der Waals surface area contributed by atoms with E-state index in [0.717, 1.165) is 0 Å². The molecule has 0 atom stereocenters. The zero-order valence-electron chi connectivity index (χ0n) is 4.25. The maximum Gasteiger partial charge on any atom is 0.135 e. The van der Waals surface area contributed by atoms with Crippen molar-refractivity contribution in [2.45, 2.75) is 13.3 Å². The van der Waals surface area contributed by atoms with Crippen LogP contribution < -0.4 is 5.11 Å². The van der Waals surface area contributed by atoms with Crippen LogP contribution in [0.3, 0.4) is 0 Å². The first-order chi connectivity index (χ1) is 3.13. The van der Waals surface area contributed by atoms with Gasteiger partial charge in [0.25, 0.3) is 0 Å². The zero-order valence-corrected chi connectivity index (χ0v) is 5.24. The average Bonchev–Trinajstić information content (AvgIpc) is 1.27. The number of carbonyl (C=O) groups excluding carboxylic acids is 2. The summed E-state index contributed by atoms with van der Waals surface area (Å²) in [5, 5.41) is 9.48. The second-order valence-electron chi connectivity index (χ2n) is 1.25. The molecule has 4 heteroatoms. The molecule has 0 spiro atoms. The monoisotopic (exact) mass is 159 g/mol. The molecule has 0 unspecified atom stereocenters. The number of ketones is 1. The molecule has 3 nitrogen and oxygen atoms in total. The van der Waals surface area contributed by atoms with Gasteiger partial charge in [-0.2, -0.15) is 0 Å². The van der Waals surface area contributed by atoms with Gasteiger partial charge in [0.1, 0.15) is 5.78 Å². The Morgan fingerprint density at radius 3 is 1.88 bits per heavy atom. The molecule has 0 aliphatic carbocycles. The van der Waals surface area contributed by atoms with Crippen molar-refractivity contribution in [2.24, 2.45) is 0 Å². The Balaban J connectivity index is 0. The Kier molecular flexibility index (Phi) is 6.33. The van der Waals surface area contributed by atoms with E-state index in [1.54, 1.807) is 0 Å². The van der Waals surface area contributed by atoms with Gasteiger partial charge in [-0.1, -0.05) is 0 Å². The Morgan fingerprint density at radius 1 is 1.50 bits per heavy atom. The summed E-state index contributed by atoms with van der Waals surface area (Å²) in [5.41, 5.74) is 0. The van der Waals surface area contributed by atoms with Gasteiger partial charge < -0.3 is 9.90 Å². The van der Waals surface area contributed by atoms with Crippen LogP contribution in [-0.2, 0) is 26.1 Å². The van der Waals surface area contributed by atoms with E-state index in [4.69, 9.17) is 0 Å². The standard InChI is InChI=1S/C4H6O3.Ni/c1-3(5)2-4(6)7;/h2H2,1H3,(H,6,7);/p-1. The summed E-state index contributed by atoms with van der Waals surface area (Å²) in [6.07, 6.45) is -0.472. The average molecular weight is 160 g/mol. The SMILES string of the molecule is CC(=O)CC(=O)[O-].[Ni]. The van der Waals surface area contributed by atoms with Crippen molar-refractivity contribution in [2.75, 3.05) is 0 Å². The van der Waals surface area contributed by atoms with Crippen molar-refractivity contribution < 1.29 is 31.2 Å². The maximum atomic E-state index is 9.83. The molecular formula is C4H5NiO3-. The maximum absolute atomic E-state index is 9.83. The normalized spacial score (nSPS) is 7.12. The third-order valence-corrected chi connectivity index (χ3v) is 0.393. The van der Waals surface area contributed by atoms with Crippen molar-refractivity contribution in [3.8, 4) is 0 Å². The largest absolute Gasteiger partial charge is 0.550 e. The fraction of sp³-hybridized carbons (Fsp3) is 0.500. The summed E-state index contributed by atoms with van der Waals surface area (Å²) in [4.78, 5) is 19.3. The van der Waals surface area contributed by atoms with Gasteiger partial charge in [0.15, 0.2) is 0 Å². The molecule has 0 radical (unpaired) electrons. The third-order valence-electron chi connectivity index (χ3n) is 0.393.